The van der Waals surface area contributed by atoms with E-state index in [-0.39, 0.29) is 0 Å². The normalized spacial score (nSPS) is 10.7. The minimum absolute atomic E-state index is 0.322. The lowest BCUT2D eigenvalue weighted by Gasteiger charge is -2.00. The molecule has 0 aliphatic heterocycles. The first-order chi connectivity index (χ1) is 9.58. The Hall–Kier alpha value is -0.780. The molecule has 0 fully saturated rings. The van der Waals surface area contributed by atoms with E-state index in [0.717, 1.165) is 14.9 Å². The van der Waals surface area contributed by atoms with Crippen molar-refractivity contribution in [1.29, 1.82) is 0 Å². The molecule has 2 aromatic rings. The van der Waals surface area contributed by atoms with Gasteiger partial charge in [0.1, 0.15) is 19.8 Å². The third-order valence-electron chi connectivity index (χ3n) is 2.05. The van der Waals surface area contributed by atoms with Crippen molar-refractivity contribution < 1.29 is 22.6 Å². The SMILES string of the molecule is C[N+](C)=c1scc(-c2cc(Br)ccc2O)s1.O=S(=O)([O-])O. The molecule has 6 nitrogen and oxygen atoms in total. The Morgan fingerprint density at radius 1 is 1.33 bits per heavy atom. The van der Waals surface area contributed by atoms with Crippen LogP contribution >= 0.6 is 38.6 Å². The van der Waals surface area contributed by atoms with Gasteiger partial charge in [0.15, 0.2) is 0 Å². The first kappa shape index (κ1) is 18.3. The van der Waals surface area contributed by atoms with Gasteiger partial charge in [-0.1, -0.05) is 38.6 Å². The van der Waals surface area contributed by atoms with Crippen molar-refractivity contribution in [1.82, 2.24) is 4.58 Å². The summed E-state index contributed by atoms with van der Waals surface area (Å²) in [4.78, 5) is 1.09. The number of aromatic hydroxyl groups is 1. The zero-order chi connectivity index (χ0) is 16.2. The number of halogens is 1. The van der Waals surface area contributed by atoms with Crippen molar-refractivity contribution in [3.63, 3.8) is 0 Å². The third-order valence-corrected chi connectivity index (χ3v) is 5.25. The summed E-state index contributed by atoms with van der Waals surface area (Å²) in [5, 5.41) is 11.9. The van der Waals surface area contributed by atoms with E-state index in [0.29, 0.717) is 5.75 Å². The van der Waals surface area contributed by atoms with Crippen molar-refractivity contribution in [3.05, 3.63) is 32.0 Å². The summed E-state index contributed by atoms with van der Waals surface area (Å²) in [7, 11) is -0.875. The van der Waals surface area contributed by atoms with Crippen LogP contribution in [0.2, 0.25) is 0 Å². The highest BCUT2D eigenvalue weighted by atomic mass is 79.9. The summed E-state index contributed by atoms with van der Waals surface area (Å²) in [5.74, 6) is 0.322. The summed E-state index contributed by atoms with van der Waals surface area (Å²) in [6.45, 7) is 0. The predicted octanol–water partition coefficient (Wildman–Crippen LogP) is 1.98. The van der Waals surface area contributed by atoms with Crippen molar-refractivity contribution in [2.45, 2.75) is 0 Å². The average molecular weight is 414 g/mol. The Kier molecular flexibility index (Phi) is 6.50. The largest absolute Gasteiger partial charge is 0.726 e. The van der Waals surface area contributed by atoms with Crippen molar-refractivity contribution in [2.24, 2.45) is 0 Å². The van der Waals surface area contributed by atoms with Crippen LogP contribution in [0.5, 0.6) is 5.75 Å². The smallest absolute Gasteiger partial charge is 0.314 e. The number of rotatable bonds is 1. The van der Waals surface area contributed by atoms with Gasteiger partial charge in [-0.05, 0) is 18.2 Å². The highest BCUT2D eigenvalue weighted by molar-refractivity contribution is 9.10. The molecule has 1 aromatic carbocycles. The minimum atomic E-state index is -4.92. The van der Waals surface area contributed by atoms with Gasteiger partial charge in [0.2, 0.25) is 10.4 Å². The summed E-state index contributed by atoms with van der Waals surface area (Å²) in [5.41, 5.74) is 0.878. The van der Waals surface area contributed by atoms with E-state index in [1.807, 2.05) is 26.2 Å². The van der Waals surface area contributed by atoms with E-state index in [4.69, 9.17) is 17.5 Å². The monoisotopic (exact) mass is 413 g/mol. The molecule has 0 aliphatic rings. The van der Waals surface area contributed by atoms with Gasteiger partial charge in [-0.25, -0.2) is 13.0 Å². The molecule has 0 amide bonds. The van der Waals surface area contributed by atoms with Gasteiger partial charge in [0, 0.05) is 15.4 Å². The van der Waals surface area contributed by atoms with E-state index < -0.39 is 10.4 Å². The van der Waals surface area contributed by atoms with Gasteiger partial charge in [-0.3, -0.25) is 4.55 Å². The zero-order valence-corrected chi connectivity index (χ0v) is 15.0. The second-order valence-corrected chi connectivity index (χ2v) is 7.87. The Morgan fingerprint density at radius 2 is 1.90 bits per heavy atom. The number of benzene rings is 1. The van der Waals surface area contributed by atoms with Gasteiger partial charge in [-0.15, -0.1) is 0 Å². The lowest BCUT2D eigenvalue weighted by molar-refractivity contribution is 0.366. The van der Waals surface area contributed by atoms with E-state index in [1.54, 1.807) is 28.7 Å². The lowest BCUT2D eigenvalue weighted by Crippen LogP contribution is -2.14. The van der Waals surface area contributed by atoms with Gasteiger partial charge >= 0.3 is 3.98 Å². The summed E-state index contributed by atoms with van der Waals surface area (Å²) in [6.07, 6.45) is 0. The molecule has 116 valence electrons. The Bertz CT molecular complexity index is 782. The van der Waals surface area contributed by atoms with Gasteiger partial charge < -0.3 is 9.66 Å². The molecule has 0 atom stereocenters. The van der Waals surface area contributed by atoms with Crippen LogP contribution in [0.3, 0.4) is 0 Å². The van der Waals surface area contributed by atoms with E-state index in [1.165, 1.54) is 3.98 Å². The van der Waals surface area contributed by atoms with Gasteiger partial charge in [0.25, 0.3) is 0 Å². The molecule has 0 aliphatic carbocycles. The van der Waals surface area contributed by atoms with Crippen molar-refractivity contribution >= 4 is 49.0 Å². The summed E-state index contributed by atoms with van der Waals surface area (Å²) in [6, 6.07) is 5.48. The Morgan fingerprint density at radius 3 is 2.38 bits per heavy atom. The molecule has 2 N–H and O–H groups in total. The minimum Gasteiger partial charge on any atom is -0.726 e. The number of nitrogens with zero attached hydrogens (tertiary/aromatic N) is 1. The Labute approximate surface area is 138 Å². The van der Waals surface area contributed by atoms with Crippen LogP contribution in [0.15, 0.2) is 28.1 Å². The van der Waals surface area contributed by atoms with Crippen LogP contribution < -0.4 is 8.56 Å². The van der Waals surface area contributed by atoms with Crippen LogP contribution in [-0.4, -0.2) is 36.7 Å². The zero-order valence-electron chi connectivity index (χ0n) is 11.0. The maximum Gasteiger partial charge on any atom is 0.314 e. The average Bonchev–Trinajstić information content (AvgIpc) is 2.79. The van der Waals surface area contributed by atoms with Crippen LogP contribution in [0.25, 0.3) is 10.4 Å². The summed E-state index contributed by atoms with van der Waals surface area (Å²) >= 11 is 6.78. The molecule has 0 spiro atoms. The molecule has 1 heterocycles. The number of phenolic OH excluding ortho intramolecular Hbond substituents is 1. The molecule has 1 aromatic heterocycles. The molecule has 21 heavy (non-hydrogen) atoms. The molecule has 0 bridgehead atoms. The second kappa shape index (κ2) is 7.47. The number of hydrogen-bond donors (Lipinski definition) is 2. The quantitative estimate of drug-likeness (QED) is 0.422. The van der Waals surface area contributed by atoms with E-state index >= 15 is 0 Å². The topological polar surface area (TPSA) is 101 Å². The second-order valence-electron chi connectivity index (χ2n) is 3.95. The molecule has 2 rings (SSSR count). The molecule has 0 radical (unpaired) electrons. The molecular formula is C11H12BrNO5S3. The Balaban J connectivity index is 0.000000383. The summed E-state index contributed by atoms with van der Waals surface area (Å²) < 4.78 is 37.1. The number of hydrogen-bond acceptors (Lipinski definition) is 6. The highest BCUT2D eigenvalue weighted by Crippen LogP contribution is 2.33. The highest BCUT2D eigenvalue weighted by Gasteiger charge is 2.09. The maximum atomic E-state index is 9.81. The lowest BCUT2D eigenvalue weighted by atomic mass is 10.2. The predicted molar refractivity (Wildman–Crippen MR) is 86.4 cm³/mol. The van der Waals surface area contributed by atoms with Crippen molar-refractivity contribution in [2.75, 3.05) is 14.1 Å². The molecular weight excluding hydrogens is 402 g/mol. The molecule has 0 saturated heterocycles. The first-order valence-electron chi connectivity index (χ1n) is 5.34. The molecule has 0 saturated carbocycles. The van der Waals surface area contributed by atoms with Gasteiger partial charge in [0.05, 0.1) is 4.88 Å². The van der Waals surface area contributed by atoms with Crippen LogP contribution in [0.1, 0.15) is 0 Å². The van der Waals surface area contributed by atoms with E-state index in [9.17, 15) is 5.11 Å². The maximum absolute atomic E-state index is 9.81. The van der Waals surface area contributed by atoms with Crippen LogP contribution in [-0.2, 0) is 10.4 Å². The fourth-order valence-electron chi connectivity index (χ4n) is 1.27. The standard InChI is InChI=1S/C11H10BrNOS2.H2O4S/c1-13(2)11-15-6-10(16-11)8-5-7(12)3-4-9(8)14;1-5(2,3)4/h3-6H,1-2H3;(H2,1,2,3,4). The fraction of sp³-hybridized carbons (Fsp3) is 0.182. The molecule has 10 heteroatoms. The first-order valence-corrected chi connectivity index (χ1v) is 9.19. The number of phenols is 1. The van der Waals surface area contributed by atoms with Crippen molar-refractivity contribution in [3.8, 4) is 16.2 Å². The fourth-order valence-corrected chi connectivity index (χ4v) is 3.76. The molecule has 0 unspecified atom stereocenters. The third kappa shape index (κ3) is 6.68. The van der Waals surface area contributed by atoms with Crippen LogP contribution in [0.4, 0.5) is 0 Å². The van der Waals surface area contributed by atoms with Crippen LogP contribution in [0, 0.1) is 0 Å². The van der Waals surface area contributed by atoms with E-state index in [2.05, 4.69) is 25.9 Å². The van der Waals surface area contributed by atoms with Gasteiger partial charge in [-0.2, -0.15) is 0 Å².